The van der Waals surface area contributed by atoms with E-state index in [1.54, 1.807) is 20.8 Å². The maximum atomic E-state index is 11.8. The van der Waals surface area contributed by atoms with Gasteiger partial charge in [0.15, 0.2) is 5.22 Å². The summed E-state index contributed by atoms with van der Waals surface area (Å²) in [6.07, 6.45) is 0. The fraction of sp³-hybridized carbons (Fsp3) is 0.750. The molecule has 0 aliphatic heterocycles. The Morgan fingerprint density at radius 2 is 1.71 bits per heavy atom. The fourth-order valence-electron chi connectivity index (χ4n) is 0.771. The van der Waals surface area contributed by atoms with Crippen LogP contribution in [-0.2, 0) is 18.3 Å². The summed E-state index contributed by atoms with van der Waals surface area (Å²) in [5, 5.41) is 0.0396. The predicted molar refractivity (Wildman–Crippen MR) is 56.4 cm³/mol. The highest BCUT2D eigenvalue weighted by Gasteiger charge is 2.21. The first kappa shape index (κ1) is 14.0. The van der Waals surface area contributed by atoms with Crippen LogP contribution in [-0.4, -0.2) is 19.8 Å². The Kier molecular flexibility index (Phi) is 7.28. The molecule has 0 radical (unpaired) electrons. The molecule has 0 heterocycles. The second kappa shape index (κ2) is 7.30. The van der Waals surface area contributed by atoms with Crippen molar-refractivity contribution in [2.75, 3.05) is 19.8 Å². The lowest BCUT2D eigenvalue weighted by atomic mass is 10.9. The zero-order valence-corrected chi connectivity index (χ0v) is 10.3. The lowest BCUT2D eigenvalue weighted by molar-refractivity contribution is 0.224. The molecule has 0 rings (SSSR count). The van der Waals surface area contributed by atoms with E-state index in [1.165, 1.54) is 5.82 Å². The lowest BCUT2D eigenvalue weighted by Crippen LogP contribution is -1.94. The van der Waals surface area contributed by atoms with Crippen LogP contribution in [0.1, 0.15) is 20.8 Å². The molecule has 0 aliphatic carbocycles. The third-order valence-electron chi connectivity index (χ3n) is 1.16. The zero-order chi connectivity index (χ0) is 11.0. The molecule has 0 N–H and O–H groups in total. The molecule has 0 fully saturated rings. The molecule has 0 amide bonds. The van der Waals surface area contributed by atoms with E-state index in [1.807, 2.05) is 0 Å². The van der Waals surface area contributed by atoms with Gasteiger partial charge in [-0.3, -0.25) is 4.57 Å². The van der Waals surface area contributed by atoms with Crippen molar-refractivity contribution in [1.82, 2.24) is 0 Å². The third-order valence-corrected chi connectivity index (χ3v) is 3.32. The van der Waals surface area contributed by atoms with Gasteiger partial charge in [-0.25, -0.2) is 0 Å². The third kappa shape index (κ3) is 5.66. The van der Waals surface area contributed by atoms with E-state index in [9.17, 15) is 4.57 Å². The molecule has 84 valence electrons. The summed E-state index contributed by atoms with van der Waals surface area (Å²) in [4.78, 5) is 0. The van der Waals surface area contributed by atoms with Gasteiger partial charge in [0, 0.05) is 0 Å². The van der Waals surface area contributed by atoms with Crippen molar-refractivity contribution in [2.24, 2.45) is 0 Å². The fourth-order valence-corrected chi connectivity index (χ4v) is 2.51. The van der Waals surface area contributed by atoms with Crippen LogP contribution in [0.3, 0.4) is 0 Å². The van der Waals surface area contributed by atoms with Gasteiger partial charge >= 0.3 is 7.60 Å². The van der Waals surface area contributed by atoms with Gasteiger partial charge in [-0.1, -0.05) is 0 Å². The number of halogens is 1. The SMILES string of the molecule is CCO/C(Cl)=C\P(=O)(OCC)OCC. The Labute approximate surface area is 89.7 Å². The van der Waals surface area contributed by atoms with E-state index >= 15 is 0 Å². The number of rotatable bonds is 7. The van der Waals surface area contributed by atoms with Gasteiger partial charge in [0.25, 0.3) is 0 Å². The van der Waals surface area contributed by atoms with Crippen LogP contribution in [0.4, 0.5) is 0 Å². The summed E-state index contributed by atoms with van der Waals surface area (Å²) in [5.74, 6) is 1.19. The van der Waals surface area contributed by atoms with E-state index in [0.29, 0.717) is 19.8 Å². The lowest BCUT2D eigenvalue weighted by Gasteiger charge is -2.13. The maximum Gasteiger partial charge on any atom is 0.358 e. The van der Waals surface area contributed by atoms with Crippen LogP contribution < -0.4 is 0 Å². The quantitative estimate of drug-likeness (QED) is 0.507. The van der Waals surface area contributed by atoms with Gasteiger partial charge in [-0.2, -0.15) is 0 Å². The summed E-state index contributed by atoms with van der Waals surface area (Å²) >= 11 is 5.64. The summed E-state index contributed by atoms with van der Waals surface area (Å²) < 4.78 is 26.7. The summed E-state index contributed by atoms with van der Waals surface area (Å²) in [6, 6.07) is 0. The first-order chi connectivity index (χ1) is 6.58. The van der Waals surface area contributed by atoms with Crippen LogP contribution in [0.5, 0.6) is 0 Å². The van der Waals surface area contributed by atoms with E-state index in [-0.39, 0.29) is 5.22 Å². The molecule has 0 saturated carbocycles. The molecule has 4 nitrogen and oxygen atoms in total. The average Bonchev–Trinajstić information content (AvgIpc) is 2.04. The molecule has 0 aromatic carbocycles. The summed E-state index contributed by atoms with van der Waals surface area (Å²) in [6.45, 7) is 6.24. The van der Waals surface area contributed by atoms with Crippen molar-refractivity contribution in [3.63, 3.8) is 0 Å². The van der Waals surface area contributed by atoms with Crippen molar-refractivity contribution in [2.45, 2.75) is 20.8 Å². The first-order valence-electron chi connectivity index (χ1n) is 4.48. The van der Waals surface area contributed by atoms with Crippen LogP contribution in [0.15, 0.2) is 11.0 Å². The van der Waals surface area contributed by atoms with Crippen molar-refractivity contribution in [3.8, 4) is 0 Å². The topological polar surface area (TPSA) is 44.8 Å². The Morgan fingerprint density at radius 1 is 1.21 bits per heavy atom. The molecule has 0 unspecified atom stereocenters. The highest BCUT2D eigenvalue weighted by atomic mass is 35.5. The van der Waals surface area contributed by atoms with Gasteiger partial charge in [0.05, 0.1) is 25.6 Å². The molecule has 0 saturated heterocycles. The largest absolute Gasteiger partial charge is 0.483 e. The minimum Gasteiger partial charge on any atom is -0.483 e. The van der Waals surface area contributed by atoms with Gasteiger partial charge in [0.1, 0.15) is 0 Å². The zero-order valence-electron chi connectivity index (χ0n) is 8.66. The average molecular weight is 243 g/mol. The highest BCUT2D eigenvalue weighted by Crippen LogP contribution is 2.50. The van der Waals surface area contributed by atoms with Crippen LogP contribution in [0.2, 0.25) is 0 Å². The second-order valence-electron chi connectivity index (χ2n) is 2.24. The second-order valence-corrected chi connectivity index (χ2v) is 4.47. The van der Waals surface area contributed by atoms with Crippen molar-refractivity contribution >= 4 is 19.2 Å². The molecular formula is C8H16ClO4P. The van der Waals surface area contributed by atoms with Crippen LogP contribution in [0, 0.1) is 0 Å². The van der Waals surface area contributed by atoms with E-state index in [2.05, 4.69) is 0 Å². The highest BCUT2D eigenvalue weighted by molar-refractivity contribution is 7.57. The summed E-state index contributed by atoms with van der Waals surface area (Å²) in [5.41, 5.74) is 0. The standard InChI is InChI=1S/C8H16ClO4P/c1-4-11-8(9)7-14(10,12-5-2)13-6-3/h7H,4-6H2,1-3H3/b8-7-. The minimum absolute atomic E-state index is 0.0396. The monoisotopic (exact) mass is 242 g/mol. The van der Waals surface area contributed by atoms with Gasteiger partial charge < -0.3 is 13.8 Å². The molecule has 0 aromatic heterocycles. The number of hydrogen-bond acceptors (Lipinski definition) is 4. The predicted octanol–water partition coefficient (Wildman–Crippen LogP) is 3.33. The molecule has 6 heteroatoms. The molecule has 14 heavy (non-hydrogen) atoms. The molecule has 0 atom stereocenters. The Balaban J connectivity index is 4.48. The Hall–Kier alpha value is -0.0200. The molecule has 0 spiro atoms. The molecule has 0 aromatic rings. The van der Waals surface area contributed by atoms with Crippen LogP contribution >= 0.6 is 19.2 Å². The Morgan fingerprint density at radius 3 is 2.07 bits per heavy atom. The number of ether oxygens (including phenoxy) is 1. The maximum absolute atomic E-state index is 11.8. The van der Waals surface area contributed by atoms with Crippen LogP contribution in [0.25, 0.3) is 0 Å². The Bertz CT molecular complexity index is 219. The van der Waals surface area contributed by atoms with E-state index in [4.69, 9.17) is 25.4 Å². The van der Waals surface area contributed by atoms with Gasteiger partial charge in [0.2, 0.25) is 0 Å². The smallest absolute Gasteiger partial charge is 0.358 e. The van der Waals surface area contributed by atoms with Gasteiger partial charge in [-0.05, 0) is 32.4 Å². The normalized spacial score (nSPS) is 13.0. The number of hydrogen-bond donors (Lipinski definition) is 0. The molecule has 0 aliphatic rings. The van der Waals surface area contributed by atoms with E-state index < -0.39 is 7.60 Å². The molecule has 0 bridgehead atoms. The van der Waals surface area contributed by atoms with Crippen molar-refractivity contribution in [3.05, 3.63) is 11.0 Å². The summed E-state index contributed by atoms with van der Waals surface area (Å²) in [7, 11) is -3.22. The van der Waals surface area contributed by atoms with Gasteiger partial charge in [-0.15, -0.1) is 0 Å². The van der Waals surface area contributed by atoms with Crippen molar-refractivity contribution < 1.29 is 18.3 Å². The first-order valence-corrected chi connectivity index (χ1v) is 6.46. The van der Waals surface area contributed by atoms with Crippen molar-refractivity contribution in [1.29, 1.82) is 0 Å². The molecular weight excluding hydrogens is 227 g/mol. The van der Waals surface area contributed by atoms with E-state index in [0.717, 1.165) is 0 Å². The minimum atomic E-state index is -3.22.